The minimum atomic E-state index is -4.61. The molecule has 2 aliphatic heterocycles. The van der Waals surface area contributed by atoms with Crippen molar-refractivity contribution in [2.45, 2.75) is 74.4 Å². The van der Waals surface area contributed by atoms with Crippen molar-refractivity contribution in [2.24, 2.45) is 0 Å². The Morgan fingerprint density at radius 1 is 0.847 bits per heavy atom. The molecule has 0 amide bonds. The van der Waals surface area contributed by atoms with E-state index in [1.807, 2.05) is 43.9 Å². The summed E-state index contributed by atoms with van der Waals surface area (Å²) in [6.45, 7) is 4.94. The van der Waals surface area contributed by atoms with Gasteiger partial charge in [-0.25, -0.2) is 0 Å². The van der Waals surface area contributed by atoms with E-state index in [9.17, 15) is 62.1 Å². The van der Waals surface area contributed by atoms with Gasteiger partial charge in [0.2, 0.25) is 5.69 Å². The molecule has 17 nitrogen and oxygen atoms in total. The lowest BCUT2D eigenvalue weighted by Gasteiger charge is -2.28. The maximum absolute atomic E-state index is 12.1. The van der Waals surface area contributed by atoms with Gasteiger partial charge in [0.05, 0.1) is 16.4 Å². The van der Waals surface area contributed by atoms with Gasteiger partial charge in [0.1, 0.15) is 35.7 Å². The van der Waals surface area contributed by atoms with E-state index in [-0.39, 0.29) is 23.7 Å². The standard InChI is InChI=1S/C38H46N2O15S4/c1-24-4-10-33-31(18-24)37(2)14-12-25(35(37)39(33)20-27(41)22-57(46,47)48)5-7-29(55-16-17-56(43,44)45)8-6-26-13-15-38(3)32-19-30(59(52,53)54)9-11-34(32)40(36(26)38)21-28(42)23-58(49,50)51/h4-11,18-19,27-28,41-42H,12-17,20-23H2,1-3H3,(H3-,43,44,45,46,47,48,49,50,51,52,53,54)/p+1. The molecule has 4 atom stereocenters. The van der Waals surface area contributed by atoms with Crippen LogP contribution in [0, 0.1) is 6.92 Å². The molecule has 4 unspecified atom stereocenters. The fourth-order valence-electron chi connectivity index (χ4n) is 8.84. The van der Waals surface area contributed by atoms with Gasteiger partial charge in [-0.05, 0) is 94.0 Å². The normalized spacial score (nSPS) is 23.9. The summed E-state index contributed by atoms with van der Waals surface area (Å²) in [4.78, 5) is 1.48. The third kappa shape index (κ3) is 9.74. The van der Waals surface area contributed by atoms with Crippen LogP contribution in [0.25, 0.3) is 0 Å². The number of rotatable bonds is 16. The first kappa shape index (κ1) is 44.8. The van der Waals surface area contributed by atoms with Gasteiger partial charge in [-0.1, -0.05) is 23.8 Å². The van der Waals surface area contributed by atoms with E-state index < -0.39 is 87.4 Å². The van der Waals surface area contributed by atoms with Gasteiger partial charge in [-0.2, -0.15) is 38.2 Å². The second kappa shape index (κ2) is 15.9. The Bertz CT molecular complexity index is 2680. The number of anilines is 1. The van der Waals surface area contributed by atoms with Crippen LogP contribution >= 0.6 is 0 Å². The van der Waals surface area contributed by atoms with E-state index in [1.54, 1.807) is 28.9 Å². The van der Waals surface area contributed by atoms with Gasteiger partial charge in [-0.3, -0.25) is 18.2 Å². The van der Waals surface area contributed by atoms with Crippen molar-refractivity contribution in [3.63, 3.8) is 0 Å². The summed E-state index contributed by atoms with van der Waals surface area (Å²) in [5.74, 6) is -2.41. The van der Waals surface area contributed by atoms with Crippen molar-refractivity contribution in [2.75, 3.05) is 41.9 Å². The van der Waals surface area contributed by atoms with Gasteiger partial charge in [-0.15, -0.1) is 0 Å². The summed E-state index contributed by atoms with van der Waals surface area (Å²) >= 11 is 0. The van der Waals surface area contributed by atoms with Crippen molar-refractivity contribution in [1.29, 1.82) is 0 Å². The predicted molar refractivity (Wildman–Crippen MR) is 217 cm³/mol. The molecule has 0 aromatic heterocycles. The second-order valence-corrected chi connectivity index (χ2v) is 21.8. The lowest BCUT2D eigenvalue weighted by molar-refractivity contribution is -0.448. The molecule has 1 fully saturated rings. The van der Waals surface area contributed by atoms with Crippen LogP contribution < -0.4 is 4.90 Å². The smallest absolute Gasteiger partial charge is 0.294 e. The average Bonchev–Trinajstić information content (AvgIpc) is 3.74. The summed E-state index contributed by atoms with van der Waals surface area (Å²) in [5.41, 5.74) is 5.13. The number of fused-ring (bicyclic) bond motifs is 6. The molecule has 322 valence electrons. The maximum atomic E-state index is 12.1. The van der Waals surface area contributed by atoms with Crippen LogP contribution in [-0.4, -0.2) is 122 Å². The van der Waals surface area contributed by atoms with Crippen LogP contribution in [0.1, 0.15) is 56.2 Å². The average molecular weight is 900 g/mol. The third-order valence-electron chi connectivity index (χ3n) is 11.3. The Labute approximate surface area is 343 Å². The molecule has 2 aromatic carbocycles. The molecular formula is C38H47N2O15S4+. The summed E-state index contributed by atoms with van der Waals surface area (Å²) in [6.07, 6.45) is 5.66. The molecule has 6 rings (SSSR count). The van der Waals surface area contributed by atoms with Crippen LogP contribution in [0.3, 0.4) is 0 Å². The van der Waals surface area contributed by atoms with Crippen molar-refractivity contribution < 1.29 is 71.4 Å². The molecule has 59 heavy (non-hydrogen) atoms. The number of aliphatic hydroxyl groups excluding tert-OH is 2. The zero-order valence-corrected chi connectivity index (χ0v) is 35.7. The molecular weight excluding hydrogens is 853 g/mol. The lowest BCUT2D eigenvalue weighted by atomic mass is 9.81. The highest BCUT2D eigenvalue weighted by atomic mass is 32.2. The summed E-state index contributed by atoms with van der Waals surface area (Å²) in [5, 5.41) is 21.5. The number of hydrogen-bond acceptors (Lipinski definition) is 12. The molecule has 2 heterocycles. The number of aliphatic hydroxyl groups is 2. The molecule has 1 saturated carbocycles. The number of allylic oxidation sites excluding steroid dienone is 7. The Kier molecular flexibility index (Phi) is 12.1. The number of aryl methyl sites for hydroxylation is 1. The second-order valence-electron chi connectivity index (χ2n) is 15.8. The Morgan fingerprint density at radius 3 is 2.15 bits per heavy atom. The van der Waals surface area contributed by atoms with Crippen molar-refractivity contribution in [3.05, 3.63) is 100.0 Å². The van der Waals surface area contributed by atoms with Gasteiger partial charge in [0.15, 0.2) is 12.3 Å². The minimum absolute atomic E-state index is 0.140. The molecule has 0 radical (unpaired) electrons. The fourth-order valence-corrected chi connectivity index (χ4v) is 10.8. The van der Waals surface area contributed by atoms with E-state index in [2.05, 4.69) is 0 Å². The molecule has 2 aromatic rings. The Morgan fingerprint density at radius 2 is 1.51 bits per heavy atom. The number of ether oxygens (including phenoxy) is 1. The van der Waals surface area contributed by atoms with Crippen LogP contribution in [0.5, 0.6) is 0 Å². The monoisotopic (exact) mass is 899 g/mol. The van der Waals surface area contributed by atoms with Crippen molar-refractivity contribution in [1.82, 2.24) is 0 Å². The highest BCUT2D eigenvalue weighted by Crippen LogP contribution is 2.56. The topological polar surface area (TPSA) is 273 Å². The first-order chi connectivity index (χ1) is 27.2. The lowest BCUT2D eigenvalue weighted by Crippen LogP contribution is -2.36. The van der Waals surface area contributed by atoms with Crippen LogP contribution in [0.2, 0.25) is 0 Å². The van der Waals surface area contributed by atoms with Crippen molar-refractivity contribution in [3.8, 4) is 0 Å². The third-order valence-corrected chi connectivity index (χ3v) is 14.4. The van der Waals surface area contributed by atoms with Crippen LogP contribution in [-0.2, 0) is 56.0 Å². The molecule has 6 N–H and O–H groups in total. The zero-order chi connectivity index (χ0) is 43.5. The Balaban J connectivity index is 1.43. The van der Waals surface area contributed by atoms with E-state index in [4.69, 9.17) is 4.74 Å². The van der Waals surface area contributed by atoms with Crippen molar-refractivity contribution >= 4 is 57.6 Å². The SMILES string of the molecule is Cc1ccc2c(c1)C1(C)CCC(C=CC(=CC=C3CCC4(C)C3=[N+](CC(O)CS(=O)(=O)O)c3ccc(S(=O)(=O)O)cc34)OCCS(=O)(=O)O)=C1N2CC(O)CS(=O)(=O)O. The molecule has 0 spiro atoms. The maximum Gasteiger partial charge on any atom is 0.294 e. The zero-order valence-electron chi connectivity index (χ0n) is 32.4. The fraction of sp³-hybridized carbons (Fsp3) is 0.447. The number of benzene rings is 2. The van der Waals surface area contributed by atoms with Gasteiger partial charge >= 0.3 is 0 Å². The summed E-state index contributed by atoms with van der Waals surface area (Å²) in [7, 11) is -18.1. The van der Waals surface area contributed by atoms with E-state index >= 15 is 0 Å². The highest BCUT2D eigenvalue weighted by molar-refractivity contribution is 7.86. The van der Waals surface area contributed by atoms with E-state index in [0.717, 1.165) is 28.1 Å². The van der Waals surface area contributed by atoms with Gasteiger partial charge < -0.3 is 19.8 Å². The number of hydrogen-bond donors (Lipinski definition) is 6. The van der Waals surface area contributed by atoms with E-state index in [0.29, 0.717) is 48.2 Å². The summed E-state index contributed by atoms with van der Waals surface area (Å²) < 4.78 is 140. The summed E-state index contributed by atoms with van der Waals surface area (Å²) in [6, 6.07) is 9.77. The molecule has 4 aliphatic rings. The van der Waals surface area contributed by atoms with Gasteiger partial charge in [0, 0.05) is 40.5 Å². The molecule has 0 bridgehead atoms. The van der Waals surface area contributed by atoms with Crippen LogP contribution in [0.4, 0.5) is 11.4 Å². The highest BCUT2D eigenvalue weighted by Gasteiger charge is 2.55. The van der Waals surface area contributed by atoms with Crippen LogP contribution in [0.15, 0.2) is 88.2 Å². The first-order valence-electron chi connectivity index (χ1n) is 18.5. The van der Waals surface area contributed by atoms with E-state index in [1.165, 1.54) is 18.2 Å². The molecule has 21 heteroatoms. The molecule has 2 aliphatic carbocycles. The number of β-amino-alcohol motifs (C(OH)–C–C–N with tert-alkyl or cyclic N) is 2. The molecule has 0 saturated heterocycles. The minimum Gasteiger partial charge on any atom is -0.492 e. The first-order valence-corrected chi connectivity index (χ1v) is 24.8. The number of nitrogens with zero attached hydrogens (tertiary/aromatic N) is 2. The quantitative estimate of drug-likeness (QED) is 0.0612. The van der Waals surface area contributed by atoms with Gasteiger partial charge in [0.25, 0.3) is 40.5 Å². The predicted octanol–water partition coefficient (Wildman–Crippen LogP) is 2.99. The largest absolute Gasteiger partial charge is 0.492 e. The Hall–Kier alpha value is -3.77.